The van der Waals surface area contributed by atoms with Crippen molar-refractivity contribution in [2.75, 3.05) is 6.26 Å². The molecule has 0 aliphatic carbocycles. The third kappa shape index (κ3) is 3.29. The molecule has 0 amide bonds. The van der Waals surface area contributed by atoms with Crippen LogP contribution in [0.2, 0.25) is 0 Å². The molecule has 7 heteroatoms. The summed E-state index contributed by atoms with van der Waals surface area (Å²) in [5, 5.41) is 8.37. The first-order valence-corrected chi connectivity index (χ1v) is 10.9. The highest BCUT2D eigenvalue weighted by molar-refractivity contribution is 7.98. The zero-order valence-electron chi connectivity index (χ0n) is 17.0. The van der Waals surface area contributed by atoms with E-state index < -0.39 is 0 Å². The fraction of sp³-hybridized carbons (Fsp3) is 0.318. The summed E-state index contributed by atoms with van der Waals surface area (Å²) in [6, 6.07) is 14.4. The molecule has 29 heavy (non-hydrogen) atoms. The van der Waals surface area contributed by atoms with Gasteiger partial charge in [0.1, 0.15) is 10.4 Å². The number of thioether (sulfide) groups is 1. The van der Waals surface area contributed by atoms with Crippen molar-refractivity contribution in [2.24, 2.45) is 13.0 Å². The molecule has 0 unspecified atom stereocenters. The number of nitrogens with zero attached hydrogens (tertiary/aromatic N) is 4. The highest BCUT2D eigenvalue weighted by Gasteiger charge is 2.21. The van der Waals surface area contributed by atoms with E-state index >= 15 is 0 Å². The Morgan fingerprint density at radius 2 is 1.79 bits per heavy atom. The van der Waals surface area contributed by atoms with Gasteiger partial charge in [-0.2, -0.15) is 5.10 Å². The Bertz CT molecular complexity index is 1330. The van der Waals surface area contributed by atoms with Crippen LogP contribution in [0.4, 0.5) is 0 Å². The van der Waals surface area contributed by atoms with Crippen molar-refractivity contribution in [2.45, 2.75) is 32.0 Å². The molecular weight excluding hydrogens is 384 g/mol. The first-order valence-electron chi connectivity index (χ1n) is 9.63. The molecule has 0 aliphatic rings. The van der Waals surface area contributed by atoms with E-state index in [9.17, 15) is 9.59 Å². The molecule has 0 aliphatic heterocycles. The Kier molecular flexibility index (Phi) is 5.08. The van der Waals surface area contributed by atoms with Crippen LogP contribution in [0.15, 0.2) is 57.1 Å². The summed E-state index contributed by atoms with van der Waals surface area (Å²) in [5.41, 5.74) is 0.981. The third-order valence-electron chi connectivity index (χ3n) is 5.12. The molecule has 2 heterocycles. The summed E-state index contributed by atoms with van der Waals surface area (Å²) in [6.45, 7) is 5.14. The summed E-state index contributed by atoms with van der Waals surface area (Å²) in [5.74, 6) is 0.259. The van der Waals surface area contributed by atoms with Crippen LogP contribution in [0.25, 0.3) is 21.8 Å². The molecule has 0 atom stereocenters. The minimum absolute atomic E-state index is 0.259. The molecule has 0 fully saturated rings. The number of benzene rings is 2. The largest absolute Gasteiger partial charge is 0.332 e. The second-order valence-electron chi connectivity index (χ2n) is 7.66. The van der Waals surface area contributed by atoms with Gasteiger partial charge in [0.05, 0.1) is 6.54 Å². The molecule has 2 aromatic heterocycles. The molecule has 0 spiro atoms. The van der Waals surface area contributed by atoms with Gasteiger partial charge >= 0.3 is 5.69 Å². The Hall–Kier alpha value is -2.80. The molecule has 0 bridgehead atoms. The Morgan fingerprint density at radius 1 is 1.07 bits per heavy atom. The van der Waals surface area contributed by atoms with Gasteiger partial charge in [-0.15, -0.1) is 11.8 Å². The molecule has 0 saturated heterocycles. The van der Waals surface area contributed by atoms with Gasteiger partial charge in [0.15, 0.2) is 5.65 Å². The Morgan fingerprint density at radius 3 is 2.52 bits per heavy atom. The fourth-order valence-corrected chi connectivity index (χ4v) is 4.47. The van der Waals surface area contributed by atoms with E-state index in [1.807, 2.05) is 43.0 Å². The number of fused-ring (bicyclic) bond motifs is 2. The van der Waals surface area contributed by atoms with Crippen molar-refractivity contribution in [3.8, 4) is 0 Å². The van der Waals surface area contributed by atoms with Crippen molar-refractivity contribution in [3.63, 3.8) is 0 Å². The first-order chi connectivity index (χ1) is 13.9. The lowest BCUT2D eigenvalue weighted by Crippen LogP contribution is -2.38. The maximum absolute atomic E-state index is 12.9. The van der Waals surface area contributed by atoms with Crippen molar-refractivity contribution in [3.05, 3.63) is 68.9 Å². The summed E-state index contributed by atoms with van der Waals surface area (Å²) >= 11 is 1.48. The fourth-order valence-electron chi connectivity index (χ4n) is 3.77. The first kappa shape index (κ1) is 19.5. The van der Waals surface area contributed by atoms with Crippen molar-refractivity contribution in [1.82, 2.24) is 18.9 Å². The average Bonchev–Trinajstić information content (AvgIpc) is 3.08. The Labute approximate surface area is 172 Å². The van der Waals surface area contributed by atoms with Gasteiger partial charge in [0, 0.05) is 13.6 Å². The van der Waals surface area contributed by atoms with Crippen LogP contribution in [0.5, 0.6) is 0 Å². The number of rotatable bonds is 5. The van der Waals surface area contributed by atoms with Gasteiger partial charge in [-0.1, -0.05) is 56.3 Å². The van der Waals surface area contributed by atoms with Crippen molar-refractivity contribution < 1.29 is 0 Å². The van der Waals surface area contributed by atoms with Crippen LogP contribution >= 0.6 is 11.8 Å². The SMILES string of the molecule is CSc1c2c(=O)n(C)c(=O)n(CC(C)C)c2nn1Cc1cccc2ccccc12. The quantitative estimate of drug-likeness (QED) is 0.475. The number of hydrogen-bond acceptors (Lipinski definition) is 4. The van der Waals surface area contributed by atoms with Gasteiger partial charge in [-0.25, -0.2) is 4.79 Å². The zero-order valence-corrected chi connectivity index (χ0v) is 17.9. The van der Waals surface area contributed by atoms with Crippen LogP contribution in [0, 0.1) is 5.92 Å². The van der Waals surface area contributed by atoms with Crippen molar-refractivity contribution in [1.29, 1.82) is 0 Å². The predicted molar refractivity (Wildman–Crippen MR) is 119 cm³/mol. The minimum atomic E-state index is -0.321. The minimum Gasteiger partial charge on any atom is -0.276 e. The summed E-state index contributed by atoms with van der Waals surface area (Å²) in [4.78, 5) is 25.7. The number of aromatic nitrogens is 4. The topological polar surface area (TPSA) is 61.8 Å². The lowest BCUT2D eigenvalue weighted by atomic mass is 10.0. The van der Waals surface area contributed by atoms with E-state index in [4.69, 9.17) is 5.10 Å². The second kappa shape index (κ2) is 7.55. The van der Waals surface area contributed by atoms with Crippen LogP contribution in [0.3, 0.4) is 0 Å². The third-order valence-corrected chi connectivity index (χ3v) is 5.92. The lowest BCUT2D eigenvalue weighted by molar-refractivity contribution is 0.497. The molecule has 4 rings (SSSR count). The molecule has 0 N–H and O–H groups in total. The van der Waals surface area contributed by atoms with Gasteiger partial charge in [-0.3, -0.25) is 18.6 Å². The highest BCUT2D eigenvalue weighted by Crippen LogP contribution is 2.26. The van der Waals surface area contributed by atoms with Crippen LogP contribution in [-0.2, 0) is 20.1 Å². The Balaban J connectivity index is 1.97. The smallest absolute Gasteiger partial charge is 0.276 e. The highest BCUT2D eigenvalue weighted by atomic mass is 32.2. The molecule has 0 radical (unpaired) electrons. The molecular formula is C22H24N4O2S. The standard InChI is InChI=1S/C22H24N4O2S/c1-14(2)12-25-19-18(20(27)24(3)22(25)28)21(29-4)26(23-19)13-16-10-7-9-15-8-5-6-11-17(15)16/h5-11,14H,12-13H2,1-4H3. The molecule has 2 aromatic carbocycles. The van der Waals surface area contributed by atoms with Gasteiger partial charge in [0.25, 0.3) is 5.56 Å². The van der Waals surface area contributed by atoms with Gasteiger partial charge < -0.3 is 0 Å². The number of hydrogen-bond donors (Lipinski definition) is 0. The van der Waals surface area contributed by atoms with Gasteiger partial charge in [0.2, 0.25) is 0 Å². The van der Waals surface area contributed by atoms with E-state index in [1.54, 1.807) is 4.57 Å². The second-order valence-corrected chi connectivity index (χ2v) is 8.45. The molecule has 150 valence electrons. The van der Waals surface area contributed by atoms with Gasteiger partial charge in [-0.05, 0) is 28.5 Å². The lowest BCUT2D eigenvalue weighted by Gasteiger charge is -2.10. The predicted octanol–water partition coefficient (Wildman–Crippen LogP) is 3.48. The maximum Gasteiger partial charge on any atom is 0.332 e. The van der Waals surface area contributed by atoms with Crippen LogP contribution in [0.1, 0.15) is 19.4 Å². The molecule has 0 saturated carbocycles. The summed E-state index contributed by atoms with van der Waals surface area (Å²) < 4.78 is 4.67. The van der Waals surface area contributed by atoms with Crippen molar-refractivity contribution >= 4 is 33.6 Å². The van der Waals surface area contributed by atoms with E-state index in [-0.39, 0.29) is 17.2 Å². The molecule has 6 nitrogen and oxygen atoms in total. The van der Waals surface area contributed by atoms with E-state index in [0.29, 0.717) is 24.1 Å². The monoisotopic (exact) mass is 408 g/mol. The molecule has 4 aromatic rings. The van der Waals surface area contributed by atoms with E-state index in [0.717, 1.165) is 16.0 Å². The summed E-state index contributed by atoms with van der Waals surface area (Å²) in [7, 11) is 1.53. The van der Waals surface area contributed by atoms with Crippen LogP contribution in [-0.4, -0.2) is 25.2 Å². The zero-order chi connectivity index (χ0) is 20.7. The average molecular weight is 409 g/mol. The van der Waals surface area contributed by atoms with Crippen LogP contribution < -0.4 is 11.2 Å². The summed E-state index contributed by atoms with van der Waals surface area (Å²) in [6.07, 6.45) is 1.94. The maximum atomic E-state index is 12.9. The van der Waals surface area contributed by atoms with E-state index in [2.05, 4.69) is 24.3 Å². The normalized spacial score (nSPS) is 11.8. The van der Waals surface area contributed by atoms with E-state index in [1.165, 1.54) is 28.8 Å².